The van der Waals surface area contributed by atoms with Crippen molar-refractivity contribution in [2.24, 2.45) is 0 Å². The van der Waals surface area contributed by atoms with E-state index in [2.05, 4.69) is 5.32 Å². The summed E-state index contributed by atoms with van der Waals surface area (Å²) in [5, 5.41) is 3.73. The number of hydrogen-bond donors (Lipinski definition) is 1. The van der Waals surface area contributed by atoms with Crippen LogP contribution < -0.4 is 10.1 Å². The van der Waals surface area contributed by atoms with Crippen LogP contribution in [0.1, 0.15) is 16.7 Å². The van der Waals surface area contributed by atoms with E-state index in [1.165, 1.54) is 6.26 Å². The van der Waals surface area contributed by atoms with Crippen molar-refractivity contribution in [1.82, 2.24) is 5.32 Å². The Morgan fingerprint density at radius 3 is 2.39 bits per heavy atom. The molecule has 4 nitrogen and oxygen atoms in total. The summed E-state index contributed by atoms with van der Waals surface area (Å²) >= 11 is 6.11. The largest absolute Gasteiger partial charge is 0.457 e. The van der Waals surface area contributed by atoms with Gasteiger partial charge in [0, 0.05) is 23.4 Å². The van der Waals surface area contributed by atoms with E-state index in [0.29, 0.717) is 23.1 Å². The van der Waals surface area contributed by atoms with Crippen molar-refractivity contribution >= 4 is 21.4 Å². The molecule has 0 radical (unpaired) electrons. The minimum absolute atomic E-state index is 0.232. The Hall–Kier alpha value is -1.56. The lowest BCUT2D eigenvalue weighted by atomic mass is 10.1. The molecule has 6 heteroatoms. The number of benzene rings is 2. The van der Waals surface area contributed by atoms with E-state index in [-0.39, 0.29) is 4.90 Å². The zero-order valence-electron chi connectivity index (χ0n) is 13.6. The molecule has 0 heterocycles. The predicted octanol–water partition coefficient (Wildman–Crippen LogP) is 3.87. The first-order valence-electron chi connectivity index (χ1n) is 7.15. The Bertz CT molecular complexity index is 832. The molecule has 0 aromatic heterocycles. The van der Waals surface area contributed by atoms with Gasteiger partial charge in [-0.3, -0.25) is 0 Å². The van der Waals surface area contributed by atoms with E-state index >= 15 is 0 Å². The van der Waals surface area contributed by atoms with Gasteiger partial charge in [0.05, 0.1) is 4.90 Å². The van der Waals surface area contributed by atoms with Crippen LogP contribution in [-0.4, -0.2) is 21.7 Å². The predicted molar refractivity (Wildman–Crippen MR) is 93.3 cm³/mol. The molecule has 1 N–H and O–H groups in total. The third kappa shape index (κ3) is 4.05. The molecule has 0 bridgehead atoms. The van der Waals surface area contributed by atoms with Crippen molar-refractivity contribution in [3.05, 3.63) is 52.0 Å². The van der Waals surface area contributed by atoms with Crippen molar-refractivity contribution in [3.63, 3.8) is 0 Å². The van der Waals surface area contributed by atoms with Crippen LogP contribution in [0.15, 0.2) is 35.2 Å². The van der Waals surface area contributed by atoms with Gasteiger partial charge in [-0.05, 0) is 56.3 Å². The van der Waals surface area contributed by atoms with E-state index in [9.17, 15) is 8.42 Å². The van der Waals surface area contributed by atoms with Crippen molar-refractivity contribution < 1.29 is 13.2 Å². The summed E-state index contributed by atoms with van der Waals surface area (Å²) < 4.78 is 29.6. The maximum atomic E-state index is 11.8. The smallest absolute Gasteiger partial charge is 0.175 e. The van der Waals surface area contributed by atoms with Gasteiger partial charge in [-0.2, -0.15) is 0 Å². The molecule has 0 aliphatic carbocycles. The van der Waals surface area contributed by atoms with E-state index in [1.807, 2.05) is 20.9 Å². The summed E-state index contributed by atoms with van der Waals surface area (Å²) in [5.74, 6) is 1.18. The molecular formula is C17H20ClNO3S. The summed E-state index contributed by atoms with van der Waals surface area (Å²) in [6, 6.07) is 8.48. The highest BCUT2D eigenvalue weighted by molar-refractivity contribution is 7.90. The second-order valence-corrected chi connectivity index (χ2v) is 7.89. The Morgan fingerprint density at radius 2 is 1.78 bits per heavy atom. The summed E-state index contributed by atoms with van der Waals surface area (Å²) in [7, 11) is -1.47. The van der Waals surface area contributed by atoms with Crippen LogP contribution in [0.3, 0.4) is 0 Å². The number of hydrogen-bond acceptors (Lipinski definition) is 4. The topological polar surface area (TPSA) is 55.4 Å². The van der Waals surface area contributed by atoms with Gasteiger partial charge in [-0.1, -0.05) is 17.7 Å². The molecule has 2 aromatic carbocycles. The molecule has 124 valence electrons. The highest BCUT2D eigenvalue weighted by Crippen LogP contribution is 2.33. The zero-order chi connectivity index (χ0) is 17.2. The standard InChI is InChI=1S/C17H20ClNO3S/c1-11-12(2)16(8-7-15(11)18)22-17-9-14(23(4,20)21)6-5-13(17)10-19-3/h5-9,19H,10H2,1-4H3. The van der Waals surface area contributed by atoms with Crippen molar-refractivity contribution in [1.29, 1.82) is 0 Å². The van der Waals surface area contributed by atoms with Gasteiger partial charge in [0.25, 0.3) is 0 Å². The first-order chi connectivity index (χ1) is 10.7. The number of ether oxygens (including phenoxy) is 1. The zero-order valence-corrected chi connectivity index (χ0v) is 15.2. The minimum Gasteiger partial charge on any atom is -0.457 e. The van der Waals surface area contributed by atoms with Crippen LogP contribution in [0, 0.1) is 13.8 Å². The van der Waals surface area contributed by atoms with Crippen LogP contribution in [0.4, 0.5) is 0 Å². The molecule has 0 unspecified atom stereocenters. The third-order valence-electron chi connectivity index (χ3n) is 3.73. The quantitative estimate of drug-likeness (QED) is 0.886. The fourth-order valence-electron chi connectivity index (χ4n) is 2.19. The van der Waals surface area contributed by atoms with Crippen LogP contribution in [-0.2, 0) is 16.4 Å². The average Bonchev–Trinajstić information content (AvgIpc) is 2.48. The Balaban J connectivity index is 2.51. The molecule has 0 aliphatic heterocycles. The molecule has 23 heavy (non-hydrogen) atoms. The highest BCUT2D eigenvalue weighted by atomic mass is 35.5. The Labute approximate surface area is 142 Å². The van der Waals surface area contributed by atoms with Crippen molar-refractivity contribution in [2.75, 3.05) is 13.3 Å². The van der Waals surface area contributed by atoms with Crippen LogP contribution in [0.25, 0.3) is 0 Å². The summed E-state index contributed by atoms with van der Waals surface area (Å²) in [5.41, 5.74) is 2.75. The fourth-order valence-corrected chi connectivity index (χ4v) is 3.03. The van der Waals surface area contributed by atoms with E-state index in [1.54, 1.807) is 30.3 Å². The van der Waals surface area contributed by atoms with Gasteiger partial charge in [-0.25, -0.2) is 8.42 Å². The normalized spacial score (nSPS) is 11.5. The number of sulfone groups is 1. The van der Waals surface area contributed by atoms with Gasteiger partial charge in [0.2, 0.25) is 0 Å². The average molecular weight is 354 g/mol. The molecule has 0 atom stereocenters. The van der Waals surface area contributed by atoms with Gasteiger partial charge in [-0.15, -0.1) is 0 Å². The van der Waals surface area contributed by atoms with Gasteiger partial charge >= 0.3 is 0 Å². The van der Waals surface area contributed by atoms with E-state index < -0.39 is 9.84 Å². The SMILES string of the molecule is CNCc1ccc(S(C)(=O)=O)cc1Oc1ccc(Cl)c(C)c1C. The monoisotopic (exact) mass is 353 g/mol. The van der Waals surface area contributed by atoms with Crippen LogP contribution >= 0.6 is 11.6 Å². The second kappa shape index (κ2) is 6.91. The molecule has 0 spiro atoms. The van der Waals surface area contributed by atoms with Gasteiger partial charge in [0.1, 0.15) is 11.5 Å². The first-order valence-corrected chi connectivity index (χ1v) is 9.42. The maximum Gasteiger partial charge on any atom is 0.175 e. The summed E-state index contributed by atoms with van der Waals surface area (Å²) in [6.07, 6.45) is 1.18. The van der Waals surface area contributed by atoms with Crippen LogP contribution in [0.2, 0.25) is 5.02 Å². The number of rotatable bonds is 5. The third-order valence-corrected chi connectivity index (χ3v) is 5.24. The Kier molecular flexibility index (Phi) is 5.34. The lowest BCUT2D eigenvalue weighted by Gasteiger charge is -2.15. The molecule has 0 saturated heterocycles. The lowest BCUT2D eigenvalue weighted by molar-refractivity contribution is 0.468. The summed E-state index contributed by atoms with van der Waals surface area (Å²) in [6.45, 7) is 4.42. The maximum absolute atomic E-state index is 11.8. The van der Waals surface area contributed by atoms with E-state index in [4.69, 9.17) is 16.3 Å². The van der Waals surface area contributed by atoms with Gasteiger partial charge < -0.3 is 10.1 Å². The second-order valence-electron chi connectivity index (χ2n) is 5.47. The first kappa shape index (κ1) is 17.8. The van der Waals surface area contributed by atoms with E-state index in [0.717, 1.165) is 16.7 Å². The molecule has 0 aliphatic rings. The molecule has 2 rings (SSSR count). The minimum atomic E-state index is -3.30. The van der Waals surface area contributed by atoms with Gasteiger partial charge in [0.15, 0.2) is 9.84 Å². The Morgan fingerprint density at radius 1 is 1.09 bits per heavy atom. The molecule has 0 amide bonds. The summed E-state index contributed by atoms with van der Waals surface area (Å²) in [4.78, 5) is 0.232. The van der Waals surface area contributed by atoms with Crippen molar-refractivity contribution in [3.8, 4) is 11.5 Å². The number of nitrogens with one attached hydrogen (secondary N) is 1. The van der Waals surface area contributed by atoms with Crippen LogP contribution in [0.5, 0.6) is 11.5 Å². The fraction of sp³-hybridized carbons (Fsp3) is 0.294. The highest BCUT2D eigenvalue weighted by Gasteiger charge is 2.14. The molecule has 0 saturated carbocycles. The lowest BCUT2D eigenvalue weighted by Crippen LogP contribution is -2.08. The molecule has 0 fully saturated rings. The number of halogens is 1. The molecular weight excluding hydrogens is 334 g/mol. The van der Waals surface area contributed by atoms with Crippen molar-refractivity contribution in [2.45, 2.75) is 25.3 Å². The molecule has 2 aromatic rings.